The maximum atomic E-state index is 13.1. The van der Waals surface area contributed by atoms with Crippen molar-refractivity contribution in [2.75, 3.05) is 33.5 Å². The van der Waals surface area contributed by atoms with Gasteiger partial charge in [0, 0.05) is 38.7 Å². The molecule has 1 fully saturated rings. The Morgan fingerprint density at radius 3 is 2.50 bits per heavy atom. The highest BCUT2D eigenvalue weighted by atomic mass is 16.5. The summed E-state index contributed by atoms with van der Waals surface area (Å²) in [5.41, 5.74) is 10.2. The Kier molecular flexibility index (Phi) is 10.8. The quantitative estimate of drug-likeness (QED) is 0.433. The summed E-state index contributed by atoms with van der Waals surface area (Å²) in [4.78, 5) is 19.6. The number of methoxy groups -OCH3 is 1. The number of rotatable bonds is 7. The lowest BCUT2D eigenvalue weighted by atomic mass is 9.60. The number of nitrogens with zero attached hydrogens (tertiary/aromatic N) is 3. The van der Waals surface area contributed by atoms with Crippen molar-refractivity contribution in [2.45, 2.75) is 52.5 Å². The zero-order chi connectivity index (χ0) is 29.2. The van der Waals surface area contributed by atoms with E-state index in [1.54, 1.807) is 13.2 Å². The van der Waals surface area contributed by atoms with Gasteiger partial charge in [0.25, 0.3) is 0 Å². The number of carbonyl (C=O) groups excluding carboxylic acids is 1. The van der Waals surface area contributed by atoms with Crippen LogP contribution in [0.1, 0.15) is 58.1 Å². The summed E-state index contributed by atoms with van der Waals surface area (Å²) in [7, 11) is 1.66. The minimum absolute atomic E-state index is 0.201. The molecule has 2 N–H and O–H groups in total. The Hall–Kier alpha value is -3.73. The number of amides is 1. The fourth-order valence-electron chi connectivity index (χ4n) is 5.82. The summed E-state index contributed by atoms with van der Waals surface area (Å²) in [6, 6.07) is 18.2. The lowest BCUT2D eigenvalue weighted by Gasteiger charge is -2.55. The van der Waals surface area contributed by atoms with Crippen molar-refractivity contribution in [1.29, 1.82) is 5.26 Å². The van der Waals surface area contributed by atoms with Crippen molar-refractivity contribution >= 4 is 11.9 Å². The van der Waals surface area contributed by atoms with Crippen LogP contribution < -0.4 is 5.73 Å². The van der Waals surface area contributed by atoms with Gasteiger partial charge < -0.3 is 20.1 Å². The number of hydrogen-bond acceptors (Lipinski definition) is 6. The molecule has 0 radical (unpaired) electrons. The number of nitrogens with two attached hydrogens (primary N) is 1. The zero-order valence-corrected chi connectivity index (χ0v) is 24.4. The molecule has 0 aromatic heterocycles. The van der Waals surface area contributed by atoms with E-state index < -0.39 is 11.0 Å². The summed E-state index contributed by atoms with van der Waals surface area (Å²) < 4.78 is 11.0. The summed E-state index contributed by atoms with van der Waals surface area (Å²) in [6.45, 7) is 10.3. The molecular weight excluding hydrogens is 500 g/mol. The molecule has 0 aliphatic carbocycles. The predicted octanol–water partition coefficient (Wildman–Crippen LogP) is 5.96. The maximum Gasteiger partial charge on any atom is 0.249 e. The lowest BCUT2D eigenvalue weighted by molar-refractivity contribution is -0.126. The highest BCUT2D eigenvalue weighted by molar-refractivity contribution is 5.94. The van der Waals surface area contributed by atoms with E-state index in [4.69, 9.17) is 15.2 Å². The molecule has 1 saturated heterocycles. The van der Waals surface area contributed by atoms with Gasteiger partial charge in [0.1, 0.15) is 0 Å². The van der Waals surface area contributed by atoms with Gasteiger partial charge in [0.15, 0.2) is 5.96 Å². The first-order valence-electron chi connectivity index (χ1n) is 14.0. The molecule has 2 aromatic rings. The van der Waals surface area contributed by atoms with Crippen molar-refractivity contribution in [3.63, 3.8) is 0 Å². The average Bonchev–Trinajstić information content (AvgIpc) is 3.06. The number of hydrogen-bond donors (Lipinski definition) is 1. The van der Waals surface area contributed by atoms with Crippen LogP contribution in [0.3, 0.4) is 0 Å². The van der Waals surface area contributed by atoms with Crippen LogP contribution in [-0.4, -0.2) is 50.2 Å². The van der Waals surface area contributed by atoms with Gasteiger partial charge in [0.05, 0.1) is 23.8 Å². The highest BCUT2D eigenvalue weighted by Gasteiger charge is 2.56. The Bertz CT molecular complexity index is 1300. The Labute approximate surface area is 239 Å². The number of ether oxygens (including phenoxy) is 2. The second-order valence-corrected chi connectivity index (χ2v) is 10.1. The molecule has 40 heavy (non-hydrogen) atoms. The number of guanidine groups is 1. The van der Waals surface area contributed by atoms with Crippen LogP contribution in [0.5, 0.6) is 0 Å². The van der Waals surface area contributed by atoms with Crippen LogP contribution in [0.25, 0.3) is 11.1 Å². The van der Waals surface area contributed by atoms with Gasteiger partial charge in [-0.2, -0.15) is 10.3 Å². The van der Waals surface area contributed by atoms with E-state index in [2.05, 4.69) is 41.1 Å². The van der Waals surface area contributed by atoms with Gasteiger partial charge in [-0.1, -0.05) is 62.4 Å². The molecular formula is C33H42N4O3. The van der Waals surface area contributed by atoms with Crippen LogP contribution in [0.4, 0.5) is 0 Å². The van der Waals surface area contributed by atoms with Crippen LogP contribution >= 0.6 is 0 Å². The molecule has 2 aliphatic rings. The third-order valence-electron chi connectivity index (χ3n) is 8.08. The van der Waals surface area contributed by atoms with Crippen molar-refractivity contribution in [2.24, 2.45) is 16.1 Å². The van der Waals surface area contributed by atoms with E-state index in [1.165, 1.54) is 0 Å². The van der Waals surface area contributed by atoms with Gasteiger partial charge in [-0.3, -0.25) is 4.79 Å². The smallest absolute Gasteiger partial charge is 0.249 e. The summed E-state index contributed by atoms with van der Waals surface area (Å²) in [5, 5.41) is 9.43. The molecule has 1 unspecified atom stereocenters. The van der Waals surface area contributed by atoms with E-state index in [0.717, 1.165) is 22.3 Å². The SMILES string of the molecule is C/C=C(\C=C/COC)CN1C(N)=NC(=O)CC2(CCOCC2)C1(C)c1cccc(-c2cccc(C#N)c2)c1.CC. The van der Waals surface area contributed by atoms with Crippen LogP contribution in [-0.2, 0) is 19.8 Å². The summed E-state index contributed by atoms with van der Waals surface area (Å²) in [5.74, 6) is 0.0187. The zero-order valence-electron chi connectivity index (χ0n) is 24.4. The molecule has 7 nitrogen and oxygen atoms in total. The van der Waals surface area contributed by atoms with Gasteiger partial charge in [0.2, 0.25) is 5.91 Å². The minimum atomic E-state index is -0.664. The van der Waals surface area contributed by atoms with Crippen molar-refractivity contribution in [3.8, 4) is 17.2 Å². The number of nitriles is 1. The third-order valence-corrected chi connectivity index (χ3v) is 8.08. The predicted molar refractivity (Wildman–Crippen MR) is 161 cm³/mol. The molecule has 2 aliphatic heterocycles. The van der Waals surface area contributed by atoms with E-state index in [0.29, 0.717) is 51.2 Å². The largest absolute Gasteiger partial charge is 0.381 e. The second-order valence-electron chi connectivity index (χ2n) is 10.1. The first kappa shape index (κ1) is 30.8. The maximum absolute atomic E-state index is 13.1. The van der Waals surface area contributed by atoms with Gasteiger partial charge >= 0.3 is 0 Å². The molecule has 2 aromatic carbocycles. The number of allylic oxidation sites excluding steroid dienone is 1. The van der Waals surface area contributed by atoms with Crippen molar-refractivity contribution < 1.29 is 14.3 Å². The number of aliphatic imine (C=N–C) groups is 1. The second kappa shape index (κ2) is 14.1. The van der Waals surface area contributed by atoms with E-state index in [-0.39, 0.29) is 11.9 Å². The fourth-order valence-corrected chi connectivity index (χ4v) is 5.82. The molecule has 0 saturated carbocycles. The van der Waals surface area contributed by atoms with E-state index in [9.17, 15) is 10.1 Å². The van der Waals surface area contributed by atoms with Crippen LogP contribution in [0.15, 0.2) is 77.3 Å². The minimum Gasteiger partial charge on any atom is -0.381 e. The standard InChI is InChI=1S/C31H36N4O3.C2H6/c1-4-23(9-7-15-37-3)22-35-29(33)34-28(36)20-31(13-16-38-17-14-31)30(35,2)27-12-6-11-26(19-27)25-10-5-8-24(18-25)21-32;1-2/h4-12,18-19H,13-17,20,22H2,1-3H3,(H2,33,34,36);1-2H3/b9-7-,23-4+;. The Morgan fingerprint density at radius 2 is 1.85 bits per heavy atom. The van der Waals surface area contributed by atoms with Gasteiger partial charge in [-0.05, 0) is 67.2 Å². The van der Waals surface area contributed by atoms with Crippen molar-refractivity contribution in [1.82, 2.24) is 4.90 Å². The molecule has 0 bridgehead atoms. The van der Waals surface area contributed by atoms with E-state index >= 15 is 0 Å². The molecule has 2 heterocycles. The molecule has 1 amide bonds. The number of carbonyl (C=O) groups is 1. The first-order chi connectivity index (χ1) is 19.4. The van der Waals surface area contributed by atoms with Crippen LogP contribution in [0, 0.1) is 16.7 Å². The average molecular weight is 543 g/mol. The first-order valence-corrected chi connectivity index (χ1v) is 14.0. The fraction of sp³-hybridized carbons (Fsp3) is 0.424. The third kappa shape index (κ3) is 6.35. The molecule has 1 spiro atoms. The van der Waals surface area contributed by atoms with Crippen molar-refractivity contribution in [3.05, 3.63) is 83.5 Å². The molecule has 4 rings (SSSR count). The normalized spacial score (nSPS) is 20.9. The summed E-state index contributed by atoms with van der Waals surface area (Å²) >= 11 is 0. The summed E-state index contributed by atoms with van der Waals surface area (Å²) in [6.07, 6.45) is 7.77. The lowest BCUT2D eigenvalue weighted by Crippen LogP contribution is -2.60. The molecule has 7 heteroatoms. The van der Waals surface area contributed by atoms with Crippen LogP contribution in [0.2, 0.25) is 0 Å². The van der Waals surface area contributed by atoms with Gasteiger partial charge in [-0.25, -0.2) is 0 Å². The topological polar surface area (TPSA) is 101 Å². The monoisotopic (exact) mass is 542 g/mol. The number of benzene rings is 2. The Morgan fingerprint density at radius 1 is 1.18 bits per heavy atom. The van der Waals surface area contributed by atoms with E-state index in [1.807, 2.05) is 63.3 Å². The Balaban J connectivity index is 0.00000216. The molecule has 1 atom stereocenters. The van der Waals surface area contributed by atoms with Gasteiger partial charge in [-0.15, -0.1) is 0 Å². The molecule has 212 valence electrons. The highest BCUT2D eigenvalue weighted by Crippen LogP contribution is 2.54.